The second-order valence-electron chi connectivity index (χ2n) is 9.78. The molecule has 0 bridgehead atoms. The van der Waals surface area contributed by atoms with Crippen LogP contribution in [-0.4, -0.2) is 0 Å². The van der Waals surface area contributed by atoms with E-state index < -0.39 is 0 Å². The van der Waals surface area contributed by atoms with E-state index in [-0.39, 0.29) is 0 Å². The van der Waals surface area contributed by atoms with E-state index >= 15 is 0 Å². The highest BCUT2D eigenvalue weighted by Gasteiger charge is 2.23. The number of benzene rings is 6. The van der Waals surface area contributed by atoms with Crippen molar-refractivity contribution in [2.24, 2.45) is 0 Å². The first-order chi connectivity index (χ1) is 19.3. The van der Waals surface area contributed by atoms with Crippen LogP contribution in [0.4, 0.5) is 0 Å². The van der Waals surface area contributed by atoms with Gasteiger partial charge in [0.15, 0.2) is 0 Å². The molecule has 0 unspecified atom stereocenters. The first kappa shape index (κ1) is 24.4. The molecule has 0 amide bonds. The van der Waals surface area contributed by atoms with Crippen molar-refractivity contribution in [1.82, 2.24) is 0 Å². The predicted octanol–water partition coefficient (Wildman–Crippen LogP) is 9.32. The quantitative estimate of drug-likeness (QED) is 0.145. The molecule has 0 saturated heterocycles. The van der Waals surface area contributed by atoms with Crippen molar-refractivity contribution in [2.45, 2.75) is 6.42 Å². The molecule has 0 N–H and O–H groups in total. The van der Waals surface area contributed by atoms with Crippen molar-refractivity contribution in [3.63, 3.8) is 0 Å². The lowest BCUT2D eigenvalue weighted by atomic mass is 9.84. The van der Waals surface area contributed by atoms with Crippen molar-refractivity contribution < 1.29 is 0 Å². The van der Waals surface area contributed by atoms with Gasteiger partial charge in [0.25, 0.3) is 0 Å². The highest BCUT2D eigenvalue weighted by molar-refractivity contribution is 5.59. The molecule has 0 aliphatic rings. The Labute approximate surface area is 232 Å². The normalized spacial score (nSPS) is 10.7. The second kappa shape index (κ2) is 11.6. The SMILES string of the molecule is c1ccc([C+](c2ccccc2)c2ccc(Cc3ccc([C+](c4ccccc4)c4ccccc4)cc3)cc2)cc1. The first-order valence-electron chi connectivity index (χ1n) is 13.5. The summed E-state index contributed by atoms with van der Waals surface area (Å²) in [4.78, 5) is 0. The molecule has 0 spiro atoms. The lowest BCUT2D eigenvalue weighted by molar-refractivity contribution is 1.16. The summed E-state index contributed by atoms with van der Waals surface area (Å²) in [6, 6.07) is 60.7. The summed E-state index contributed by atoms with van der Waals surface area (Å²) >= 11 is 0. The van der Waals surface area contributed by atoms with E-state index in [2.05, 4.69) is 170 Å². The first-order valence-corrected chi connectivity index (χ1v) is 13.5. The van der Waals surface area contributed by atoms with Gasteiger partial charge in [0, 0.05) is 0 Å². The Bertz CT molecular complexity index is 1370. The van der Waals surface area contributed by atoms with Gasteiger partial charge in [-0.05, 0) is 163 Å². The third-order valence-corrected chi connectivity index (χ3v) is 7.14. The van der Waals surface area contributed by atoms with Crippen LogP contribution in [0.25, 0.3) is 0 Å². The molecular weight excluding hydrogens is 468 g/mol. The highest BCUT2D eigenvalue weighted by atomic mass is 14.2. The van der Waals surface area contributed by atoms with E-state index in [1.807, 2.05) is 0 Å². The highest BCUT2D eigenvalue weighted by Crippen LogP contribution is 2.32. The van der Waals surface area contributed by atoms with Crippen LogP contribution in [0.5, 0.6) is 0 Å². The van der Waals surface area contributed by atoms with Gasteiger partial charge in [-0.25, -0.2) is 0 Å². The van der Waals surface area contributed by atoms with E-state index in [1.165, 1.54) is 56.3 Å². The number of rotatable bonds is 8. The average Bonchev–Trinajstić information content (AvgIpc) is 3.01. The smallest absolute Gasteiger partial charge is 0.0511 e. The molecule has 0 heteroatoms. The summed E-state index contributed by atoms with van der Waals surface area (Å²) in [5, 5.41) is 0. The van der Waals surface area contributed by atoms with E-state index in [0.717, 1.165) is 6.42 Å². The van der Waals surface area contributed by atoms with Gasteiger partial charge in [0.1, 0.15) is 0 Å². The zero-order chi connectivity index (χ0) is 26.3. The van der Waals surface area contributed by atoms with Crippen LogP contribution in [0, 0.1) is 11.8 Å². The fourth-order valence-corrected chi connectivity index (χ4v) is 5.23. The van der Waals surface area contributed by atoms with Crippen LogP contribution in [-0.2, 0) is 6.42 Å². The molecule has 0 heterocycles. The van der Waals surface area contributed by atoms with Gasteiger partial charge >= 0.3 is 0 Å². The molecule has 6 aromatic carbocycles. The van der Waals surface area contributed by atoms with Crippen LogP contribution >= 0.6 is 0 Å². The summed E-state index contributed by atoms with van der Waals surface area (Å²) in [5.41, 5.74) is 10.0. The monoisotopic (exact) mass is 498 g/mol. The van der Waals surface area contributed by atoms with Gasteiger partial charge in [-0.15, -0.1) is 0 Å². The molecule has 0 fully saturated rings. The zero-order valence-corrected chi connectivity index (χ0v) is 21.9. The molecule has 184 valence electrons. The van der Waals surface area contributed by atoms with Crippen molar-refractivity contribution in [2.75, 3.05) is 0 Å². The topological polar surface area (TPSA) is 0 Å². The van der Waals surface area contributed by atoms with Crippen molar-refractivity contribution in [1.29, 1.82) is 0 Å². The summed E-state index contributed by atoms with van der Waals surface area (Å²) < 4.78 is 0. The van der Waals surface area contributed by atoms with Crippen molar-refractivity contribution >= 4 is 0 Å². The Balaban J connectivity index is 1.24. The molecular formula is C39H30+2. The summed E-state index contributed by atoms with van der Waals surface area (Å²) in [7, 11) is 0. The lowest BCUT2D eigenvalue weighted by Gasteiger charge is -2.14. The van der Waals surface area contributed by atoms with Crippen LogP contribution in [0.1, 0.15) is 44.5 Å². The lowest BCUT2D eigenvalue weighted by Crippen LogP contribution is -2.05. The minimum atomic E-state index is 0.901. The fraction of sp³-hybridized carbons (Fsp3) is 0.0256. The third-order valence-electron chi connectivity index (χ3n) is 7.14. The standard InChI is InChI=1S/C39H30/c1-5-13-32(14-6-1)38(33-15-7-2-8-16-33)36-25-21-30(22-26-36)29-31-23-27-37(28-24-31)39(34-17-9-3-10-18-34)35-19-11-4-12-20-35/h1-28H,29H2/q+2. The number of hydrogen-bond acceptors (Lipinski definition) is 0. The van der Waals surface area contributed by atoms with Gasteiger partial charge in [0.2, 0.25) is 0 Å². The van der Waals surface area contributed by atoms with E-state index in [4.69, 9.17) is 0 Å². The van der Waals surface area contributed by atoms with Crippen LogP contribution in [0.2, 0.25) is 0 Å². The predicted molar refractivity (Wildman–Crippen MR) is 163 cm³/mol. The van der Waals surface area contributed by atoms with E-state index in [9.17, 15) is 0 Å². The minimum absolute atomic E-state index is 0.901. The molecule has 0 atom stereocenters. The van der Waals surface area contributed by atoms with Crippen molar-refractivity contribution in [3.8, 4) is 0 Å². The fourth-order valence-electron chi connectivity index (χ4n) is 5.23. The van der Waals surface area contributed by atoms with Gasteiger partial charge in [-0.2, -0.15) is 0 Å². The molecule has 39 heavy (non-hydrogen) atoms. The zero-order valence-electron chi connectivity index (χ0n) is 21.9. The maximum absolute atomic E-state index is 2.26. The Hall–Kier alpha value is -4.94. The van der Waals surface area contributed by atoms with Gasteiger partial charge in [-0.3, -0.25) is 0 Å². The molecule has 0 aromatic heterocycles. The van der Waals surface area contributed by atoms with Crippen LogP contribution in [0.3, 0.4) is 0 Å². The van der Waals surface area contributed by atoms with Crippen LogP contribution < -0.4 is 0 Å². The van der Waals surface area contributed by atoms with E-state index in [1.54, 1.807) is 0 Å². The summed E-state index contributed by atoms with van der Waals surface area (Å²) in [5.74, 6) is 2.52. The Morgan fingerprint density at radius 1 is 0.256 bits per heavy atom. The molecule has 6 rings (SSSR count). The molecule has 0 radical (unpaired) electrons. The molecule has 0 nitrogen and oxygen atoms in total. The van der Waals surface area contributed by atoms with Gasteiger partial charge in [-0.1, -0.05) is 24.3 Å². The third kappa shape index (κ3) is 5.66. The summed E-state index contributed by atoms with van der Waals surface area (Å²) in [6.45, 7) is 0. The maximum atomic E-state index is 2.26. The maximum Gasteiger partial charge on any atom is 0.0631 e. The largest absolute Gasteiger partial charge is 0.0631 e. The Morgan fingerprint density at radius 2 is 0.487 bits per heavy atom. The Morgan fingerprint density at radius 3 is 0.744 bits per heavy atom. The van der Waals surface area contributed by atoms with Gasteiger partial charge in [0.05, 0.1) is 45.2 Å². The molecule has 0 aliphatic heterocycles. The van der Waals surface area contributed by atoms with Crippen molar-refractivity contribution in [3.05, 3.63) is 226 Å². The van der Waals surface area contributed by atoms with Gasteiger partial charge < -0.3 is 0 Å². The summed E-state index contributed by atoms with van der Waals surface area (Å²) in [6.07, 6.45) is 0.901. The molecule has 6 aromatic rings. The molecule has 0 aliphatic carbocycles. The second-order valence-corrected chi connectivity index (χ2v) is 9.78. The number of hydrogen-bond donors (Lipinski definition) is 0. The average molecular weight is 499 g/mol. The van der Waals surface area contributed by atoms with E-state index in [0.29, 0.717) is 0 Å². The molecule has 0 saturated carbocycles. The Kier molecular flexibility index (Phi) is 7.27. The minimum Gasteiger partial charge on any atom is -0.0511 e. The van der Waals surface area contributed by atoms with Crippen LogP contribution in [0.15, 0.2) is 170 Å².